The molecule has 1 N–H and O–H groups in total. The van der Waals surface area contributed by atoms with Crippen LogP contribution in [0.1, 0.15) is 19.3 Å². The van der Waals surface area contributed by atoms with Crippen molar-refractivity contribution in [3.8, 4) is 5.75 Å². The van der Waals surface area contributed by atoms with Crippen LogP contribution in [0.2, 0.25) is 0 Å². The highest BCUT2D eigenvalue weighted by Gasteiger charge is 2.54. The lowest BCUT2D eigenvalue weighted by molar-refractivity contribution is -0.136. The zero-order chi connectivity index (χ0) is 16.7. The second kappa shape index (κ2) is 5.70. The summed E-state index contributed by atoms with van der Waals surface area (Å²) in [6, 6.07) is 7.11. The van der Waals surface area contributed by atoms with Gasteiger partial charge in [0.05, 0.1) is 5.69 Å². The molecule has 6 nitrogen and oxygen atoms in total. The minimum atomic E-state index is -3.39. The van der Waals surface area contributed by atoms with Gasteiger partial charge >= 0.3 is 0 Å². The molecule has 1 heterocycles. The fraction of sp³-hybridized carbons (Fsp3) is 0.562. The lowest BCUT2D eigenvalue weighted by Crippen LogP contribution is -2.61. The first-order valence-corrected chi connectivity index (χ1v) is 9.76. The van der Waals surface area contributed by atoms with E-state index in [9.17, 15) is 18.3 Å². The first-order chi connectivity index (χ1) is 10.8. The smallest absolute Gasteiger partial charge is 0.244 e. The zero-order valence-corrected chi connectivity index (χ0v) is 14.1. The van der Waals surface area contributed by atoms with Crippen LogP contribution in [0, 0.1) is 0 Å². The molecule has 0 aromatic heterocycles. The third-order valence-electron chi connectivity index (χ3n) is 5.05. The van der Waals surface area contributed by atoms with E-state index in [0.717, 1.165) is 12.1 Å². The van der Waals surface area contributed by atoms with Gasteiger partial charge in [-0.25, -0.2) is 8.42 Å². The molecule has 0 unspecified atom stereocenters. The van der Waals surface area contributed by atoms with Gasteiger partial charge in [-0.1, -0.05) is 12.1 Å². The molecule has 1 aliphatic carbocycles. The Kier molecular flexibility index (Phi) is 4.00. The Hall–Kier alpha value is -1.76. The van der Waals surface area contributed by atoms with Crippen LogP contribution in [0.15, 0.2) is 24.3 Å². The number of rotatable bonds is 3. The molecule has 1 aliphatic heterocycles. The van der Waals surface area contributed by atoms with Crippen LogP contribution in [0.5, 0.6) is 5.75 Å². The molecule has 2 fully saturated rings. The number of benzene rings is 1. The summed E-state index contributed by atoms with van der Waals surface area (Å²) in [5, 5.41) is 9.92. The lowest BCUT2D eigenvalue weighted by atomic mass is 9.83. The number of carbonyl (C=O) groups is 1. The van der Waals surface area contributed by atoms with E-state index in [2.05, 4.69) is 0 Å². The molecular weight excluding hydrogens is 316 g/mol. The van der Waals surface area contributed by atoms with E-state index in [1.807, 2.05) is 17.0 Å². The number of anilines is 1. The van der Waals surface area contributed by atoms with Gasteiger partial charge in [0.2, 0.25) is 5.91 Å². The van der Waals surface area contributed by atoms with Crippen molar-refractivity contribution in [2.24, 2.45) is 0 Å². The topological polar surface area (TPSA) is 77.9 Å². The Labute approximate surface area is 136 Å². The number of phenols is 1. The minimum absolute atomic E-state index is 0.221. The quantitative estimate of drug-likeness (QED) is 0.890. The van der Waals surface area contributed by atoms with Crippen molar-refractivity contribution in [2.45, 2.75) is 24.0 Å². The van der Waals surface area contributed by atoms with Gasteiger partial charge in [-0.15, -0.1) is 0 Å². The number of hydrogen-bond donors (Lipinski definition) is 1. The highest BCUT2D eigenvalue weighted by Crippen LogP contribution is 2.41. The van der Waals surface area contributed by atoms with Crippen LogP contribution in [0.3, 0.4) is 0 Å². The third-order valence-corrected chi connectivity index (χ3v) is 7.05. The first-order valence-electron chi connectivity index (χ1n) is 7.87. The molecular formula is C16H22N2O4S. The van der Waals surface area contributed by atoms with Crippen LogP contribution in [-0.4, -0.2) is 61.5 Å². The molecule has 0 atom stereocenters. The van der Waals surface area contributed by atoms with Crippen molar-refractivity contribution >= 4 is 21.4 Å². The molecule has 23 heavy (non-hydrogen) atoms. The number of piperazine rings is 1. The molecule has 2 aliphatic rings. The summed E-state index contributed by atoms with van der Waals surface area (Å²) in [6.07, 6.45) is 2.83. The average molecular weight is 338 g/mol. The Balaban J connectivity index is 1.70. The molecule has 1 saturated heterocycles. The number of nitrogens with zero attached hydrogens (tertiary/aromatic N) is 2. The monoisotopic (exact) mass is 338 g/mol. The maximum Gasteiger partial charge on any atom is 0.244 e. The SMILES string of the molecule is CS(=O)(=O)C1(C(=O)N2CCN(c3ccccc3O)CC2)CCC1. The van der Waals surface area contributed by atoms with Gasteiger partial charge < -0.3 is 14.9 Å². The minimum Gasteiger partial charge on any atom is -0.506 e. The number of carbonyl (C=O) groups excluding carboxylic acids is 1. The van der Waals surface area contributed by atoms with Gasteiger partial charge in [0.15, 0.2) is 14.6 Å². The van der Waals surface area contributed by atoms with Crippen LogP contribution in [0.4, 0.5) is 5.69 Å². The number of aromatic hydroxyl groups is 1. The highest BCUT2D eigenvalue weighted by atomic mass is 32.2. The molecule has 1 aromatic rings. The van der Waals surface area contributed by atoms with Crippen LogP contribution in [-0.2, 0) is 14.6 Å². The normalized spacial score (nSPS) is 20.9. The second-order valence-electron chi connectivity index (χ2n) is 6.39. The Morgan fingerprint density at radius 2 is 1.74 bits per heavy atom. The van der Waals surface area contributed by atoms with E-state index in [4.69, 9.17) is 0 Å². The van der Waals surface area contributed by atoms with E-state index < -0.39 is 14.6 Å². The summed E-state index contributed by atoms with van der Waals surface area (Å²) in [5.41, 5.74) is 0.751. The van der Waals surface area contributed by atoms with E-state index in [-0.39, 0.29) is 11.7 Å². The summed E-state index contributed by atoms with van der Waals surface area (Å²) < 4.78 is 22.9. The van der Waals surface area contributed by atoms with Crippen molar-refractivity contribution in [3.05, 3.63) is 24.3 Å². The number of amides is 1. The molecule has 3 rings (SSSR count). The van der Waals surface area contributed by atoms with Crippen LogP contribution in [0.25, 0.3) is 0 Å². The molecule has 126 valence electrons. The lowest BCUT2D eigenvalue weighted by Gasteiger charge is -2.44. The van der Waals surface area contributed by atoms with Crippen molar-refractivity contribution < 1.29 is 18.3 Å². The van der Waals surface area contributed by atoms with E-state index in [1.165, 1.54) is 6.26 Å². The zero-order valence-electron chi connectivity index (χ0n) is 13.2. The average Bonchev–Trinajstić information content (AvgIpc) is 2.45. The van der Waals surface area contributed by atoms with E-state index in [0.29, 0.717) is 39.0 Å². The molecule has 0 radical (unpaired) electrons. The Morgan fingerprint density at radius 1 is 1.13 bits per heavy atom. The summed E-state index contributed by atoms with van der Waals surface area (Å²) >= 11 is 0. The molecule has 0 bridgehead atoms. The number of hydrogen-bond acceptors (Lipinski definition) is 5. The van der Waals surface area contributed by atoms with Gasteiger partial charge in [0, 0.05) is 32.4 Å². The number of phenolic OH excluding ortho intramolecular Hbond substituents is 1. The van der Waals surface area contributed by atoms with Gasteiger partial charge in [-0.2, -0.15) is 0 Å². The van der Waals surface area contributed by atoms with Crippen LogP contribution < -0.4 is 4.90 Å². The fourth-order valence-corrected chi connectivity index (χ4v) is 4.89. The predicted molar refractivity (Wildman–Crippen MR) is 88.3 cm³/mol. The predicted octanol–water partition coefficient (Wildman–Crippen LogP) is 1.01. The first kappa shape index (κ1) is 16.1. The Bertz CT molecular complexity index is 705. The number of para-hydroxylation sites is 2. The van der Waals surface area contributed by atoms with Gasteiger partial charge in [-0.05, 0) is 31.4 Å². The summed E-state index contributed by atoms with van der Waals surface area (Å²) in [4.78, 5) is 16.4. The second-order valence-corrected chi connectivity index (χ2v) is 8.71. The van der Waals surface area contributed by atoms with Crippen molar-refractivity contribution in [1.82, 2.24) is 4.90 Å². The summed E-state index contributed by atoms with van der Waals surface area (Å²) in [6.45, 7) is 2.13. The standard InChI is InChI=1S/C16H22N2O4S/c1-23(21,22)16(7-4-8-16)15(20)18-11-9-17(10-12-18)13-5-2-3-6-14(13)19/h2-3,5-6,19H,4,7-12H2,1H3. The summed E-state index contributed by atoms with van der Waals surface area (Å²) in [5.74, 6) is -0.0259. The number of sulfone groups is 1. The molecule has 1 amide bonds. The summed E-state index contributed by atoms with van der Waals surface area (Å²) in [7, 11) is -3.39. The van der Waals surface area contributed by atoms with Crippen molar-refractivity contribution in [1.29, 1.82) is 0 Å². The molecule has 1 saturated carbocycles. The Morgan fingerprint density at radius 3 is 2.22 bits per heavy atom. The van der Waals surface area contributed by atoms with Crippen molar-refractivity contribution in [3.63, 3.8) is 0 Å². The third kappa shape index (κ3) is 2.67. The maximum absolute atomic E-state index is 12.7. The molecule has 0 spiro atoms. The van der Waals surface area contributed by atoms with E-state index >= 15 is 0 Å². The molecule has 7 heteroatoms. The van der Waals surface area contributed by atoms with Gasteiger partial charge in [0.1, 0.15) is 5.75 Å². The fourth-order valence-electron chi connectivity index (χ4n) is 3.41. The highest BCUT2D eigenvalue weighted by molar-refractivity contribution is 7.93. The van der Waals surface area contributed by atoms with E-state index in [1.54, 1.807) is 17.0 Å². The van der Waals surface area contributed by atoms with Crippen molar-refractivity contribution in [2.75, 3.05) is 37.3 Å². The van der Waals surface area contributed by atoms with Gasteiger partial charge in [-0.3, -0.25) is 4.79 Å². The van der Waals surface area contributed by atoms with Gasteiger partial charge in [0.25, 0.3) is 0 Å². The van der Waals surface area contributed by atoms with Crippen LogP contribution >= 0.6 is 0 Å². The molecule has 1 aromatic carbocycles. The largest absolute Gasteiger partial charge is 0.506 e. The maximum atomic E-state index is 12.7.